The van der Waals surface area contributed by atoms with Crippen LogP contribution in [0.1, 0.15) is 12.5 Å². The highest BCUT2D eigenvalue weighted by Gasteiger charge is 2.41. The van der Waals surface area contributed by atoms with Crippen LogP contribution in [0.25, 0.3) is 0 Å². The first-order valence-electron chi connectivity index (χ1n) is 9.46. The lowest BCUT2D eigenvalue weighted by atomic mass is 10.0. The second-order valence-corrected chi connectivity index (χ2v) is 8.19. The summed E-state index contributed by atoms with van der Waals surface area (Å²) in [7, 11) is 1.67. The molecule has 148 valence electrons. The SMILES string of the molecule is CC(=O)N(C)c1cnn(C(=O)N2CC3CN(Cc4ccc(Cl)cc4)CC3C2)c1. The van der Waals surface area contributed by atoms with Crippen LogP contribution in [0.3, 0.4) is 0 Å². The Kier molecular flexibility index (Phi) is 5.12. The monoisotopic (exact) mass is 401 g/mol. The predicted molar refractivity (Wildman–Crippen MR) is 107 cm³/mol. The van der Waals surface area contributed by atoms with E-state index < -0.39 is 0 Å². The van der Waals surface area contributed by atoms with E-state index in [2.05, 4.69) is 22.1 Å². The van der Waals surface area contributed by atoms with E-state index in [1.165, 1.54) is 22.1 Å². The highest BCUT2D eigenvalue weighted by Crippen LogP contribution is 2.32. The molecule has 2 aliphatic rings. The Morgan fingerprint density at radius 2 is 1.79 bits per heavy atom. The Labute approximate surface area is 169 Å². The third-order valence-electron chi connectivity index (χ3n) is 5.78. The van der Waals surface area contributed by atoms with Crippen LogP contribution in [0.2, 0.25) is 5.02 Å². The van der Waals surface area contributed by atoms with Crippen molar-refractivity contribution in [2.45, 2.75) is 13.5 Å². The molecule has 2 unspecified atom stereocenters. The molecule has 1 aromatic heterocycles. The number of fused-ring (bicyclic) bond motifs is 1. The van der Waals surface area contributed by atoms with Gasteiger partial charge < -0.3 is 9.80 Å². The van der Waals surface area contributed by atoms with Crippen LogP contribution in [0.15, 0.2) is 36.7 Å². The maximum absolute atomic E-state index is 12.8. The third-order valence-corrected chi connectivity index (χ3v) is 6.03. The fourth-order valence-corrected chi connectivity index (χ4v) is 4.27. The smallest absolute Gasteiger partial charge is 0.322 e. The molecule has 0 N–H and O–H groups in total. The molecule has 28 heavy (non-hydrogen) atoms. The number of anilines is 1. The van der Waals surface area contributed by atoms with Gasteiger partial charge in [-0.15, -0.1) is 0 Å². The molecular weight excluding hydrogens is 378 g/mol. The standard InChI is InChI=1S/C20H24ClN5O2/c1-14(27)23(2)19-7-22-26(13-19)20(28)25-11-16-9-24(10-17(16)12-25)8-15-3-5-18(21)6-4-15/h3-7,13,16-17H,8-12H2,1-2H3. The zero-order chi connectivity index (χ0) is 19.8. The minimum Gasteiger partial charge on any atom is -0.322 e. The van der Waals surface area contributed by atoms with Crippen molar-refractivity contribution in [3.63, 3.8) is 0 Å². The summed E-state index contributed by atoms with van der Waals surface area (Å²) < 4.78 is 1.33. The number of amides is 2. The molecule has 8 heteroatoms. The zero-order valence-corrected chi connectivity index (χ0v) is 16.8. The molecule has 7 nitrogen and oxygen atoms in total. The van der Waals surface area contributed by atoms with Gasteiger partial charge in [0.2, 0.25) is 5.91 Å². The fraction of sp³-hybridized carbons (Fsp3) is 0.450. The number of carbonyl (C=O) groups is 2. The van der Waals surface area contributed by atoms with Gasteiger partial charge in [-0.2, -0.15) is 9.78 Å². The van der Waals surface area contributed by atoms with Gasteiger partial charge in [0, 0.05) is 51.7 Å². The van der Waals surface area contributed by atoms with Gasteiger partial charge in [0.25, 0.3) is 0 Å². The number of aromatic nitrogens is 2. The van der Waals surface area contributed by atoms with Crippen LogP contribution >= 0.6 is 11.6 Å². The van der Waals surface area contributed by atoms with Crippen LogP contribution in [-0.4, -0.2) is 64.7 Å². The Hall–Kier alpha value is -2.38. The van der Waals surface area contributed by atoms with E-state index in [-0.39, 0.29) is 11.9 Å². The van der Waals surface area contributed by atoms with Crippen LogP contribution in [0.4, 0.5) is 10.5 Å². The van der Waals surface area contributed by atoms with Crippen molar-refractivity contribution in [3.05, 3.63) is 47.2 Å². The van der Waals surface area contributed by atoms with Crippen LogP contribution in [0, 0.1) is 11.8 Å². The van der Waals surface area contributed by atoms with Gasteiger partial charge in [-0.05, 0) is 29.5 Å². The lowest BCUT2D eigenvalue weighted by molar-refractivity contribution is -0.116. The van der Waals surface area contributed by atoms with Crippen molar-refractivity contribution >= 4 is 29.2 Å². The Bertz CT molecular complexity index is 867. The van der Waals surface area contributed by atoms with Crippen molar-refractivity contribution < 1.29 is 9.59 Å². The van der Waals surface area contributed by atoms with Crippen molar-refractivity contribution in [2.24, 2.45) is 11.8 Å². The lowest BCUT2D eigenvalue weighted by Gasteiger charge is -2.21. The zero-order valence-electron chi connectivity index (χ0n) is 16.1. The maximum Gasteiger partial charge on any atom is 0.344 e. The van der Waals surface area contributed by atoms with Gasteiger partial charge in [0.05, 0.1) is 18.1 Å². The summed E-state index contributed by atoms with van der Waals surface area (Å²) in [5.74, 6) is 0.890. The summed E-state index contributed by atoms with van der Waals surface area (Å²) in [4.78, 5) is 30.1. The molecule has 2 atom stereocenters. The van der Waals surface area contributed by atoms with Crippen molar-refractivity contribution in [2.75, 3.05) is 38.1 Å². The van der Waals surface area contributed by atoms with Crippen molar-refractivity contribution in [1.82, 2.24) is 19.6 Å². The van der Waals surface area contributed by atoms with Crippen LogP contribution in [-0.2, 0) is 11.3 Å². The second kappa shape index (κ2) is 7.56. The first kappa shape index (κ1) is 19.0. The van der Waals surface area contributed by atoms with E-state index in [0.29, 0.717) is 17.5 Å². The highest BCUT2D eigenvalue weighted by atomic mass is 35.5. The number of likely N-dealkylation sites (tertiary alicyclic amines) is 2. The van der Waals surface area contributed by atoms with E-state index in [1.807, 2.05) is 17.0 Å². The molecule has 2 fully saturated rings. The van der Waals surface area contributed by atoms with E-state index in [9.17, 15) is 9.59 Å². The molecule has 2 aromatic rings. The number of benzene rings is 1. The third kappa shape index (κ3) is 3.77. The quantitative estimate of drug-likeness (QED) is 0.793. The van der Waals surface area contributed by atoms with Crippen LogP contribution in [0.5, 0.6) is 0 Å². The highest BCUT2D eigenvalue weighted by molar-refractivity contribution is 6.30. The summed E-state index contributed by atoms with van der Waals surface area (Å²) in [6, 6.07) is 7.87. The average molecular weight is 402 g/mol. The first-order chi connectivity index (χ1) is 13.4. The minimum atomic E-state index is -0.123. The summed E-state index contributed by atoms with van der Waals surface area (Å²) in [6.07, 6.45) is 3.16. The molecule has 4 rings (SSSR count). The fourth-order valence-electron chi connectivity index (χ4n) is 4.14. The first-order valence-corrected chi connectivity index (χ1v) is 9.83. The Morgan fingerprint density at radius 1 is 1.14 bits per heavy atom. The number of carbonyl (C=O) groups excluding carboxylic acids is 2. The summed E-state index contributed by atoms with van der Waals surface area (Å²) in [5.41, 5.74) is 1.88. The molecule has 0 saturated carbocycles. The van der Waals surface area contributed by atoms with E-state index in [1.54, 1.807) is 19.4 Å². The minimum absolute atomic E-state index is 0.0940. The van der Waals surface area contributed by atoms with Gasteiger partial charge in [-0.25, -0.2) is 4.79 Å². The topological polar surface area (TPSA) is 61.7 Å². The van der Waals surface area contributed by atoms with E-state index in [4.69, 9.17) is 11.6 Å². The molecule has 0 radical (unpaired) electrons. The lowest BCUT2D eigenvalue weighted by Crippen LogP contribution is -2.36. The Balaban J connectivity index is 1.34. The summed E-state index contributed by atoms with van der Waals surface area (Å²) in [6.45, 7) is 5.88. The second-order valence-electron chi connectivity index (χ2n) is 7.75. The number of rotatable bonds is 3. The van der Waals surface area contributed by atoms with Crippen molar-refractivity contribution in [3.8, 4) is 0 Å². The van der Waals surface area contributed by atoms with Gasteiger partial charge in [0.1, 0.15) is 0 Å². The largest absolute Gasteiger partial charge is 0.344 e. The summed E-state index contributed by atoms with van der Waals surface area (Å²) >= 11 is 5.96. The molecule has 0 aliphatic carbocycles. The Morgan fingerprint density at radius 3 is 2.39 bits per heavy atom. The predicted octanol–water partition coefficient (Wildman–Crippen LogP) is 2.55. The summed E-state index contributed by atoms with van der Waals surface area (Å²) in [5, 5.41) is 4.90. The van der Waals surface area contributed by atoms with Gasteiger partial charge in [-0.1, -0.05) is 23.7 Å². The molecule has 0 spiro atoms. The van der Waals surface area contributed by atoms with Gasteiger partial charge in [-0.3, -0.25) is 9.69 Å². The molecule has 0 bridgehead atoms. The number of nitrogens with zero attached hydrogens (tertiary/aromatic N) is 5. The number of hydrogen-bond acceptors (Lipinski definition) is 4. The molecule has 2 aliphatic heterocycles. The van der Waals surface area contributed by atoms with Gasteiger partial charge >= 0.3 is 6.03 Å². The van der Waals surface area contributed by atoms with Crippen LogP contribution < -0.4 is 4.90 Å². The molecular formula is C20H24ClN5O2. The molecule has 2 amide bonds. The van der Waals surface area contributed by atoms with E-state index in [0.717, 1.165) is 37.7 Å². The van der Waals surface area contributed by atoms with E-state index >= 15 is 0 Å². The number of halogens is 1. The molecule has 3 heterocycles. The van der Waals surface area contributed by atoms with Crippen molar-refractivity contribution in [1.29, 1.82) is 0 Å². The molecule has 2 saturated heterocycles. The molecule has 1 aromatic carbocycles. The normalized spacial score (nSPS) is 21.8. The maximum atomic E-state index is 12.8. The van der Waals surface area contributed by atoms with Gasteiger partial charge in [0.15, 0.2) is 0 Å². The number of hydrogen-bond donors (Lipinski definition) is 0. The average Bonchev–Trinajstić information content (AvgIpc) is 3.37.